The average molecular weight is 856 g/mol. The van der Waals surface area contributed by atoms with Crippen LogP contribution in [-0.4, -0.2) is 118 Å². The number of aliphatic hydroxyl groups is 1. The predicted molar refractivity (Wildman–Crippen MR) is 206 cm³/mol. The number of H-pyrrole nitrogens is 2. The number of pyridine rings is 2. The van der Waals surface area contributed by atoms with Crippen LogP contribution in [0, 0.1) is 10.1 Å². The number of benzene rings is 2. The maximum absolute atomic E-state index is 10.8. The number of nitro benzene ring substituents is 1. The van der Waals surface area contributed by atoms with Crippen LogP contribution in [-0.2, 0) is 9.47 Å². The third-order valence-electron chi connectivity index (χ3n) is 7.92. The predicted octanol–water partition coefficient (Wildman–Crippen LogP) is 5.41. The van der Waals surface area contributed by atoms with E-state index in [1.54, 1.807) is 25.3 Å². The number of anilines is 3. The van der Waals surface area contributed by atoms with E-state index in [2.05, 4.69) is 34.7 Å². The summed E-state index contributed by atoms with van der Waals surface area (Å²) in [6.45, 7) is 8.00. The summed E-state index contributed by atoms with van der Waals surface area (Å²) in [4.78, 5) is 39.8. The first-order chi connectivity index (χ1) is 25.4. The van der Waals surface area contributed by atoms with Gasteiger partial charge in [-0.05, 0) is 55.5 Å². The van der Waals surface area contributed by atoms with E-state index in [1.807, 2.05) is 42.6 Å². The summed E-state index contributed by atoms with van der Waals surface area (Å²) >= 11 is -0.826. The molecule has 2 fully saturated rings. The summed E-state index contributed by atoms with van der Waals surface area (Å²) in [5.41, 5.74) is 11.9. The summed E-state index contributed by atoms with van der Waals surface area (Å²) < 4.78 is 10.8. The van der Waals surface area contributed by atoms with Crippen molar-refractivity contribution in [1.82, 2.24) is 29.9 Å². The SMILES string of the molecule is CCO.Nc1ccc(-c2nc3c(N4CCOCC4)nccc3[nH]2)cc1.O=[N+]([O-])c1ccc(-c2nc3c(N4CCOCC4)nccc3[nH]2)cc1.[Cl][Sn][Cl]. The van der Waals surface area contributed by atoms with Crippen molar-refractivity contribution in [2.24, 2.45) is 0 Å². The maximum atomic E-state index is 10.8. The fourth-order valence-corrected chi connectivity index (χ4v) is 5.51. The van der Waals surface area contributed by atoms with Crippen LogP contribution in [0.3, 0.4) is 0 Å². The number of hydrogen-bond donors (Lipinski definition) is 4. The van der Waals surface area contributed by atoms with E-state index in [4.69, 9.17) is 43.1 Å². The molecule has 272 valence electrons. The van der Waals surface area contributed by atoms with Crippen molar-refractivity contribution < 1.29 is 19.5 Å². The Morgan fingerprint density at radius 1 is 0.788 bits per heavy atom. The number of imidazole rings is 2. The molecule has 18 heteroatoms. The topological polar surface area (TPSA) is 197 Å². The molecule has 6 aromatic rings. The number of nitro groups is 1. The minimum atomic E-state index is -0.826. The molecule has 2 radical (unpaired) electrons. The number of aromatic amines is 2. The Morgan fingerprint density at radius 3 is 1.56 bits per heavy atom. The normalized spacial score (nSPS) is 14.1. The Kier molecular flexibility index (Phi) is 14.6. The van der Waals surface area contributed by atoms with Crippen LogP contribution in [0.4, 0.5) is 23.0 Å². The molecule has 4 aromatic heterocycles. The zero-order chi connectivity index (χ0) is 36.9. The van der Waals surface area contributed by atoms with E-state index in [0.29, 0.717) is 19.0 Å². The van der Waals surface area contributed by atoms with E-state index in [0.717, 1.165) is 95.7 Å². The standard InChI is InChI=1S/C16H15N5O3.C16H17N5O.C2H6O.2ClH.Sn/c22-21(23)12-3-1-11(2-4-12)15-18-13-5-6-17-16(14(13)19-15)20-7-9-24-10-8-20;17-12-3-1-11(2-4-12)15-19-13-5-6-18-16(14(13)20-15)21-7-9-22-10-8-21;1-2-3;;;/h1-6H,7-10H2,(H,18,19);1-6H,7-10,17H2,(H,19,20);3H,2H2,1H3;2*1H;/q;;;;;+2/p-2. The average Bonchev–Trinajstić information content (AvgIpc) is 3.82. The van der Waals surface area contributed by atoms with E-state index < -0.39 is 23.8 Å². The molecule has 52 heavy (non-hydrogen) atoms. The first kappa shape index (κ1) is 39.0. The third kappa shape index (κ3) is 9.99. The molecule has 0 bridgehead atoms. The van der Waals surface area contributed by atoms with Gasteiger partial charge in [0.05, 0.1) is 42.4 Å². The molecule has 0 amide bonds. The molecule has 0 spiro atoms. The number of ether oxygens (including phenoxy) is 2. The molecule has 0 unspecified atom stereocenters. The van der Waals surface area contributed by atoms with Gasteiger partial charge in [0.1, 0.15) is 22.7 Å². The van der Waals surface area contributed by atoms with Crippen LogP contribution in [0.2, 0.25) is 0 Å². The molecule has 8 rings (SSSR count). The Bertz CT molecular complexity index is 2020. The van der Waals surface area contributed by atoms with Gasteiger partial charge in [-0.15, -0.1) is 0 Å². The van der Waals surface area contributed by atoms with Gasteiger partial charge in [-0.2, -0.15) is 0 Å². The van der Waals surface area contributed by atoms with Crippen LogP contribution in [0.5, 0.6) is 0 Å². The fraction of sp³-hybridized carbons (Fsp3) is 0.294. The Morgan fingerprint density at radius 2 is 1.17 bits per heavy atom. The van der Waals surface area contributed by atoms with Crippen LogP contribution in [0.25, 0.3) is 44.8 Å². The Labute approximate surface area is 317 Å². The van der Waals surface area contributed by atoms with Crippen LogP contribution >= 0.6 is 17.8 Å². The number of aromatic nitrogens is 6. The second-order valence-corrected chi connectivity index (χ2v) is 15.5. The van der Waals surface area contributed by atoms with Gasteiger partial charge in [0.15, 0.2) is 11.6 Å². The van der Waals surface area contributed by atoms with Crippen molar-refractivity contribution in [2.75, 3.05) is 74.7 Å². The molecule has 2 aliphatic heterocycles. The number of halogens is 2. The second kappa shape index (κ2) is 19.5. The van der Waals surface area contributed by atoms with Crippen molar-refractivity contribution in [2.45, 2.75) is 6.92 Å². The van der Waals surface area contributed by atoms with Crippen LogP contribution in [0.15, 0.2) is 73.1 Å². The second-order valence-electron chi connectivity index (χ2n) is 11.2. The number of nitrogens with two attached hydrogens (primary N) is 1. The van der Waals surface area contributed by atoms with Gasteiger partial charge in [0.2, 0.25) is 0 Å². The van der Waals surface area contributed by atoms with Gasteiger partial charge < -0.3 is 40.1 Å². The molecular formula is C34H38Cl2N10O5Sn. The molecule has 15 nitrogen and oxygen atoms in total. The zero-order valence-electron chi connectivity index (χ0n) is 28.3. The molecule has 5 N–H and O–H groups in total. The summed E-state index contributed by atoms with van der Waals surface area (Å²) in [5.74, 6) is 3.25. The van der Waals surface area contributed by atoms with Crippen molar-refractivity contribution in [1.29, 1.82) is 0 Å². The summed E-state index contributed by atoms with van der Waals surface area (Å²) in [7, 11) is 9.87. The van der Waals surface area contributed by atoms with Crippen molar-refractivity contribution >= 4 is 81.8 Å². The molecule has 0 saturated carbocycles. The fourth-order valence-electron chi connectivity index (χ4n) is 5.51. The molecular weight excluding hydrogens is 818 g/mol. The van der Waals surface area contributed by atoms with Crippen molar-refractivity contribution in [3.63, 3.8) is 0 Å². The number of rotatable bonds is 5. The van der Waals surface area contributed by atoms with Gasteiger partial charge in [-0.25, -0.2) is 19.9 Å². The van der Waals surface area contributed by atoms with Gasteiger partial charge in [-0.1, -0.05) is 0 Å². The molecule has 2 saturated heterocycles. The first-order valence-electron chi connectivity index (χ1n) is 16.4. The summed E-state index contributed by atoms with van der Waals surface area (Å²) in [6.07, 6.45) is 3.57. The molecule has 0 atom stereocenters. The quantitative estimate of drug-likeness (QED) is 0.0746. The van der Waals surface area contributed by atoms with Gasteiger partial charge >= 0.3 is 36.7 Å². The minimum absolute atomic E-state index is 0.0607. The summed E-state index contributed by atoms with van der Waals surface area (Å²) in [5, 5.41) is 18.3. The zero-order valence-corrected chi connectivity index (χ0v) is 32.7. The van der Waals surface area contributed by atoms with Gasteiger partial charge in [-0.3, -0.25) is 10.1 Å². The molecule has 6 heterocycles. The van der Waals surface area contributed by atoms with Crippen LogP contribution in [0.1, 0.15) is 6.92 Å². The van der Waals surface area contributed by atoms with E-state index in [1.165, 1.54) is 12.1 Å². The number of nitrogens with one attached hydrogen (secondary N) is 2. The number of fused-ring (bicyclic) bond motifs is 2. The molecule has 2 aliphatic rings. The van der Waals surface area contributed by atoms with E-state index in [9.17, 15) is 10.1 Å². The van der Waals surface area contributed by atoms with Gasteiger partial charge in [0.25, 0.3) is 5.69 Å². The molecule has 2 aromatic carbocycles. The number of nitrogens with zero attached hydrogens (tertiary/aromatic N) is 7. The van der Waals surface area contributed by atoms with E-state index >= 15 is 0 Å². The summed E-state index contributed by atoms with van der Waals surface area (Å²) in [6, 6.07) is 17.9. The molecule has 0 aliphatic carbocycles. The number of morpholine rings is 2. The third-order valence-corrected chi connectivity index (χ3v) is 7.92. The Balaban J connectivity index is 0.000000175. The number of aliphatic hydroxyl groups excluding tert-OH is 1. The first-order valence-corrected chi connectivity index (χ1v) is 23.6. The van der Waals surface area contributed by atoms with Crippen molar-refractivity contribution in [3.05, 3.63) is 83.2 Å². The van der Waals surface area contributed by atoms with Crippen LogP contribution < -0.4 is 15.5 Å². The number of hydrogen-bond acceptors (Lipinski definition) is 12. The van der Waals surface area contributed by atoms with Crippen molar-refractivity contribution in [3.8, 4) is 22.8 Å². The van der Waals surface area contributed by atoms with Gasteiger partial charge in [0, 0.05) is 74.1 Å². The Hall–Kier alpha value is -4.26. The van der Waals surface area contributed by atoms with E-state index in [-0.39, 0.29) is 12.3 Å². The number of non-ortho nitro benzene ring substituents is 1. The monoisotopic (exact) mass is 856 g/mol. The number of nitrogen functional groups attached to an aromatic ring is 1.